The summed E-state index contributed by atoms with van der Waals surface area (Å²) in [6, 6.07) is 17.7. The summed E-state index contributed by atoms with van der Waals surface area (Å²) in [5, 5.41) is 7.77. The lowest BCUT2D eigenvalue weighted by atomic mass is 10.0. The van der Waals surface area contributed by atoms with E-state index in [4.69, 9.17) is 4.74 Å². The van der Waals surface area contributed by atoms with Crippen molar-refractivity contribution in [1.82, 2.24) is 24.8 Å². The average Bonchev–Trinajstić information content (AvgIpc) is 3.05. The molecular weight excluding hydrogens is 378 g/mol. The number of aromatic nitrogens is 5. The first-order valence-corrected chi connectivity index (χ1v) is 9.69. The van der Waals surface area contributed by atoms with Gasteiger partial charge in [-0.3, -0.25) is 4.98 Å². The van der Waals surface area contributed by atoms with E-state index in [9.17, 15) is 4.79 Å². The third kappa shape index (κ3) is 3.74. The summed E-state index contributed by atoms with van der Waals surface area (Å²) < 4.78 is 8.58. The second-order valence-electron chi connectivity index (χ2n) is 7.30. The predicted molar refractivity (Wildman–Crippen MR) is 115 cm³/mol. The van der Waals surface area contributed by atoms with Crippen molar-refractivity contribution >= 4 is 0 Å². The van der Waals surface area contributed by atoms with Crippen LogP contribution in [0.15, 0.2) is 59.4 Å². The molecule has 30 heavy (non-hydrogen) atoms. The number of tetrazole rings is 1. The molecule has 0 N–H and O–H groups in total. The number of ether oxygens (including phenoxy) is 1. The van der Waals surface area contributed by atoms with E-state index in [0.29, 0.717) is 12.3 Å². The normalized spacial score (nSPS) is 10.9. The van der Waals surface area contributed by atoms with Crippen LogP contribution in [0, 0.1) is 20.8 Å². The quantitative estimate of drug-likeness (QED) is 0.511. The second-order valence-corrected chi connectivity index (χ2v) is 7.30. The van der Waals surface area contributed by atoms with E-state index in [0.717, 1.165) is 39.4 Å². The van der Waals surface area contributed by atoms with Crippen LogP contribution in [0.4, 0.5) is 0 Å². The minimum Gasteiger partial charge on any atom is -0.489 e. The van der Waals surface area contributed by atoms with Crippen LogP contribution in [0.5, 0.6) is 5.75 Å². The fourth-order valence-corrected chi connectivity index (χ4v) is 3.40. The van der Waals surface area contributed by atoms with E-state index >= 15 is 0 Å². The minimum absolute atomic E-state index is 0.298. The monoisotopic (exact) mass is 401 g/mol. The van der Waals surface area contributed by atoms with Gasteiger partial charge in [0.05, 0.1) is 11.4 Å². The van der Waals surface area contributed by atoms with Crippen molar-refractivity contribution in [2.75, 3.05) is 0 Å². The van der Waals surface area contributed by atoms with Crippen LogP contribution in [0.3, 0.4) is 0 Å². The molecule has 0 spiro atoms. The van der Waals surface area contributed by atoms with E-state index < -0.39 is 0 Å². The van der Waals surface area contributed by atoms with Crippen LogP contribution >= 0.6 is 0 Å². The molecule has 0 bridgehead atoms. The lowest BCUT2D eigenvalue weighted by Gasteiger charge is -2.14. The summed E-state index contributed by atoms with van der Waals surface area (Å²) in [5.74, 6) is 0.754. The zero-order valence-corrected chi connectivity index (χ0v) is 17.5. The number of hydrogen-bond acceptors (Lipinski definition) is 5. The van der Waals surface area contributed by atoms with Gasteiger partial charge in [-0.2, -0.15) is 9.36 Å². The van der Waals surface area contributed by atoms with Gasteiger partial charge in [0, 0.05) is 23.9 Å². The zero-order valence-electron chi connectivity index (χ0n) is 17.5. The molecule has 7 heteroatoms. The standard InChI is InChI=1S/C23H23N5O2/c1-15-7-5-10-22(28-23(29)27(4)25-26-28)20(15)14-30-18-11-12-19(16(2)13-18)21-9-6-8-17(3)24-21/h5-13H,14H2,1-4H3. The highest BCUT2D eigenvalue weighted by molar-refractivity contribution is 5.64. The maximum Gasteiger partial charge on any atom is 0.368 e. The summed E-state index contributed by atoms with van der Waals surface area (Å²) in [7, 11) is 1.57. The number of aryl methyl sites for hydroxylation is 4. The molecular formula is C23H23N5O2. The van der Waals surface area contributed by atoms with Crippen molar-refractivity contribution in [1.29, 1.82) is 0 Å². The molecule has 0 aliphatic rings. The molecule has 0 amide bonds. The maximum atomic E-state index is 12.3. The Labute approximate surface area is 174 Å². The van der Waals surface area contributed by atoms with Crippen molar-refractivity contribution in [3.8, 4) is 22.7 Å². The Morgan fingerprint density at radius 1 is 0.933 bits per heavy atom. The Bertz CT molecular complexity index is 1270. The molecule has 0 saturated heterocycles. The summed E-state index contributed by atoms with van der Waals surface area (Å²) in [4.78, 5) is 16.9. The van der Waals surface area contributed by atoms with Gasteiger partial charge < -0.3 is 4.74 Å². The molecule has 0 aliphatic carbocycles. The summed E-state index contributed by atoms with van der Waals surface area (Å²) in [5.41, 5.74) is 6.37. The smallest absolute Gasteiger partial charge is 0.368 e. The number of pyridine rings is 1. The Kier molecular flexibility index (Phi) is 5.18. The SMILES string of the molecule is Cc1cccc(-c2ccc(OCc3c(C)cccc3-n3nnn(C)c3=O)cc2C)n1. The number of hydrogen-bond donors (Lipinski definition) is 0. The first kappa shape index (κ1) is 19.6. The Morgan fingerprint density at radius 3 is 2.43 bits per heavy atom. The molecule has 0 atom stereocenters. The first-order valence-electron chi connectivity index (χ1n) is 9.69. The summed E-state index contributed by atoms with van der Waals surface area (Å²) in [6.07, 6.45) is 0. The molecule has 0 saturated carbocycles. The van der Waals surface area contributed by atoms with Crippen LogP contribution in [-0.4, -0.2) is 24.8 Å². The van der Waals surface area contributed by atoms with Crippen molar-refractivity contribution in [2.24, 2.45) is 7.05 Å². The highest BCUT2D eigenvalue weighted by Crippen LogP contribution is 2.27. The topological polar surface area (TPSA) is 74.8 Å². The summed E-state index contributed by atoms with van der Waals surface area (Å²) in [6.45, 7) is 6.33. The molecule has 2 heterocycles. The molecule has 4 aromatic rings. The van der Waals surface area contributed by atoms with Crippen molar-refractivity contribution in [3.63, 3.8) is 0 Å². The zero-order chi connectivity index (χ0) is 21.3. The Hall–Kier alpha value is -3.74. The van der Waals surface area contributed by atoms with E-state index in [1.807, 2.05) is 75.4 Å². The third-order valence-electron chi connectivity index (χ3n) is 5.08. The van der Waals surface area contributed by atoms with Crippen LogP contribution in [0.2, 0.25) is 0 Å². The largest absolute Gasteiger partial charge is 0.489 e. The van der Waals surface area contributed by atoms with Gasteiger partial charge in [0.25, 0.3) is 0 Å². The van der Waals surface area contributed by atoms with Crippen LogP contribution < -0.4 is 10.4 Å². The average molecular weight is 401 g/mol. The van der Waals surface area contributed by atoms with Gasteiger partial charge in [0.15, 0.2) is 0 Å². The second kappa shape index (κ2) is 7.94. The molecule has 7 nitrogen and oxygen atoms in total. The van der Waals surface area contributed by atoms with Gasteiger partial charge in [0.1, 0.15) is 12.4 Å². The van der Waals surface area contributed by atoms with Crippen molar-refractivity contribution in [2.45, 2.75) is 27.4 Å². The van der Waals surface area contributed by atoms with Gasteiger partial charge in [-0.1, -0.05) is 18.2 Å². The maximum absolute atomic E-state index is 12.3. The van der Waals surface area contributed by atoms with Crippen LogP contribution in [0.25, 0.3) is 16.9 Å². The van der Waals surface area contributed by atoms with E-state index in [2.05, 4.69) is 15.4 Å². The molecule has 0 fully saturated rings. The fourth-order valence-electron chi connectivity index (χ4n) is 3.40. The molecule has 4 rings (SSSR count). The highest BCUT2D eigenvalue weighted by atomic mass is 16.5. The van der Waals surface area contributed by atoms with Gasteiger partial charge in [-0.25, -0.2) is 4.79 Å². The molecule has 2 aromatic carbocycles. The highest BCUT2D eigenvalue weighted by Gasteiger charge is 2.14. The number of nitrogens with zero attached hydrogens (tertiary/aromatic N) is 5. The summed E-state index contributed by atoms with van der Waals surface area (Å²) >= 11 is 0. The van der Waals surface area contributed by atoms with Crippen molar-refractivity contribution < 1.29 is 4.74 Å². The molecule has 0 aliphatic heterocycles. The van der Waals surface area contributed by atoms with Gasteiger partial charge in [0.2, 0.25) is 0 Å². The molecule has 0 radical (unpaired) electrons. The third-order valence-corrected chi connectivity index (χ3v) is 5.08. The Morgan fingerprint density at radius 2 is 1.73 bits per heavy atom. The fraction of sp³-hybridized carbons (Fsp3) is 0.217. The van der Waals surface area contributed by atoms with Gasteiger partial charge in [-0.05, 0) is 78.7 Å². The van der Waals surface area contributed by atoms with E-state index in [-0.39, 0.29) is 5.69 Å². The van der Waals surface area contributed by atoms with E-state index in [1.54, 1.807) is 7.05 Å². The number of benzene rings is 2. The van der Waals surface area contributed by atoms with Gasteiger partial charge >= 0.3 is 5.69 Å². The van der Waals surface area contributed by atoms with E-state index in [1.165, 1.54) is 9.36 Å². The van der Waals surface area contributed by atoms with Crippen LogP contribution in [0.1, 0.15) is 22.4 Å². The molecule has 2 aromatic heterocycles. The lowest BCUT2D eigenvalue weighted by Crippen LogP contribution is -2.23. The van der Waals surface area contributed by atoms with Crippen molar-refractivity contribution in [3.05, 3.63) is 87.5 Å². The Balaban J connectivity index is 1.61. The number of rotatable bonds is 5. The molecule has 0 unspecified atom stereocenters. The first-order chi connectivity index (χ1) is 14.4. The molecule has 152 valence electrons. The minimum atomic E-state index is -0.298. The predicted octanol–water partition coefficient (Wildman–Crippen LogP) is 3.53. The van der Waals surface area contributed by atoms with Gasteiger partial charge in [-0.15, -0.1) is 0 Å². The lowest BCUT2D eigenvalue weighted by molar-refractivity contribution is 0.304. The van der Waals surface area contributed by atoms with Crippen LogP contribution in [-0.2, 0) is 13.7 Å².